The van der Waals surface area contributed by atoms with Gasteiger partial charge in [0.15, 0.2) is 0 Å². The van der Waals surface area contributed by atoms with Crippen LogP contribution in [0.3, 0.4) is 0 Å². The van der Waals surface area contributed by atoms with Crippen LogP contribution in [0.1, 0.15) is 19.3 Å². The van der Waals surface area contributed by atoms with Gasteiger partial charge in [-0.1, -0.05) is 12.1 Å². The van der Waals surface area contributed by atoms with Gasteiger partial charge in [-0.2, -0.15) is 0 Å². The van der Waals surface area contributed by atoms with Crippen LogP contribution >= 0.6 is 15.9 Å². The third-order valence-corrected chi connectivity index (χ3v) is 4.44. The van der Waals surface area contributed by atoms with E-state index in [0.29, 0.717) is 12.1 Å². The topological polar surface area (TPSA) is 34.1 Å². The van der Waals surface area contributed by atoms with Gasteiger partial charge in [0, 0.05) is 34.9 Å². The van der Waals surface area contributed by atoms with Gasteiger partial charge >= 0.3 is 0 Å². The number of nitrogens with one attached hydrogen (secondary N) is 1. The van der Waals surface area contributed by atoms with Gasteiger partial charge in [0.2, 0.25) is 0 Å². The second-order valence-corrected chi connectivity index (χ2v) is 5.86. The molecule has 0 aliphatic heterocycles. The Balaban J connectivity index is 1.87. The lowest BCUT2D eigenvalue weighted by molar-refractivity contribution is 0.108. The lowest BCUT2D eigenvalue weighted by Gasteiger charge is -2.16. The van der Waals surface area contributed by atoms with Crippen molar-refractivity contribution in [1.82, 2.24) is 4.98 Å². The Hall–Kier alpha value is -1.13. The molecule has 0 bridgehead atoms. The number of rotatable bonds is 3. The molecule has 2 aromatic rings. The van der Waals surface area contributed by atoms with Crippen molar-refractivity contribution >= 4 is 32.5 Å². The average Bonchev–Trinajstić information content (AvgIpc) is 2.88. The molecule has 100 valence electrons. The summed E-state index contributed by atoms with van der Waals surface area (Å²) in [7, 11) is 1.80. The fourth-order valence-corrected chi connectivity index (χ4v) is 3.24. The third kappa shape index (κ3) is 2.60. The van der Waals surface area contributed by atoms with Gasteiger partial charge in [-0.05, 0) is 47.3 Å². The standard InChI is InChI=1S/C15H17BrN2O/c1-19-11-6-5-10(9-11)18-14-7-8-17-15-12(14)3-2-4-13(15)16/h2-4,7-8,10-11H,5-6,9H2,1H3,(H,17,18). The maximum absolute atomic E-state index is 5.43. The zero-order chi connectivity index (χ0) is 13.2. The molecule has 19 heavy (non-hydrogen) atoms. The summed E-state index contributed by atoms with van der Waals surface area (Å²) in [6.07, 6.45) is 5.64. The number of para-hydroxylation sites is 1. The van der Waals surface area contributed by atoms with E-state index in [1.165, 1.54) is 0 Å². The molecule has 0 amide bonds. The summed E-state index contributed by atoms with van der Waals surface area (Å²) in [6.45, 7) is 0. The van der Waals surface area contributed by atoms with Crippen LogP contribution < -0.4 is 5.32 Å². The molecule has 1 heterocycles. The zero-order valence-electron chi connectivity index (χ0n) is 10.9. The predicted molar refractivity (Wildman–Crippen MR) is 81.5 cm³/mol. The SMILES string of the molecule is COC1CCC(Nc2ccnc3c(Br)cccc23)C1. The van der Waals surface area contributed by atoms with Gasteiger partial charge in [0.1, 0.15) is 0 Å². The van der Waals surface area contributed by atoms with Crippen molar-refractivity contribution in [2.75, 3.05) is 12.4 Å². The molecule has 1 aromatic carbocycles. The lowest BCUT2D eigenvalue weighted by atomic mass is 10.1. The van der Waals surface area contributed by atoms with E-state index in [-0.39, 0.29) is 0 Å². The van der Waals surface area contributed by atoms with E-state index in [0.717, 1.165) is 40.3 Å². The predicted octanol–water partition coefficient (Wildman–Crippen LogP) is 3.98. The number of hydrogen-bond acceptors (Lipinski definition) is 3. The number of anilines is 1. The molecule has 3 rings (SSSR count). The number of pyridine rings is 1. The van der Waals surface area contributed by atoms with Crippen molar-refractivity contribution in [3.8, 4) is 0 Å². The first kappa shape index (κ1) is 12.9. The van der Waals surface area contributed by atoms with Crippen molar-refractivity contribution in [2.45, 2.75) is 31.4 Å². The highest BCUT2D eigenvalue weighted by atomic mass is 79.9. The Labute approximate surface area is 121 Å². The number of methoxy groups -OCH3 is 1. The van der Waals surface area contributed by atoms with E-state index >= 15 is 0 Å². The summed E-state index contributed by atoms with van der Waals surface area (Å²) in [4.78, 5) is 4.44. The number of aromatic nitrogens is 1. The highest BCUT2D eigenvalue weighted by molar-refractivity contribution is 9.10. The van der Waals surface area contributed by atoms with Crippen LogP contribution in [0, 0.1) is 0 Å². The van der Waals surface area contributed by atoms with Gasteiger partial charge < -0.3 is 10.1 Å². The Morgan fingerprint density at radius 1 is 1.32 bits per heavy atom. The molecular formula is C15H17BrN2O. The fourth-order valence-electron chi connectivity index (χ4n) is 2.77. The van der Waals surface area contributed by atoms with Crippen molar-refractivity contribution in [3.05, 3.63) is 34.9 Å². The molecule has 0 radical (unpaired) electrons. The molecule has 3 nitrogen and oxygen atoms in total. The second-order valence-electron chi connectivity index (χ2n) is 5.01. The first-order chi connectivity index (χ1) is 9.28. The maximum atomic E-state index is 5.43. The minimum absolute atomic E-state index is 0.400. The summed E-state index contributed by atoms with van der Waals surface area (Å²) in [5, 5.41) is 4.80. The number of benzene rings is 1. The molecular weight excluding hydrogens is 304 g/mol. The highest BCUT2D eigenvalue weighted by Gasteiger charge is 2.24. The molecule has 0 saturated heterocycles. The molecule has 1 aliphatic carbocycles. The maximum Gasteiger partial charge on any atom is 0.0864 e. The smallest absolute Gasteiger partial charge is 0.0864 e. The van der Waals surface area contributed by atoms with Crippen LogP contribution in [-0.4, -0.2) is 24.2 Å². The van der Waals surface area contributed by atoms with Crippen LogP contribution in [0.15, 0.2) is 34.9 Å². The number of halogens is 1. The van der Waals surface area contributed by atoms with Crippen LogP contribution in [0.2, 0.25) is 0 Å². The highest BCUT2D eigenvalue weighted by Crippen LogP contribution is 2.30. The zero-order valence-corrected chi connectivity index (χ0v) is 12.5. The Morgan fingerprint density at radius 2 is 2.21 bits per heavy atom. The molecule has 0 spiro atoms. The number of ether oxygens (including phenoxy) is 1. The molecule has 1 aromatic heterocycles. The summed E-state index contributed by atoms with van der Waals surface area (Å²) in [6, 6.07) is 8.73. The molecule has 2 unspecified atom stereocenters. The van der Waals surface area contributed by atoms with E-state index in [9.17, 15) is 0 Å². The number of hydrogen-bond donors (Lipinski definition) is 1. The molecule has 4 heteroatoms. The lowest BCUT2D eigenvalue weighted by Crippen LogP contribution is -2.17. The van der Waals surface area contributed by atoms with Crippen molar-refractivity contribution in [1.29, 1.82) is 0 Å². The number of fused-ring (bicyclic) bond motifs is 1. The Bertz CT molecular complexity index is 587. The quantitative estimate of drug-likeness (QED) is 0.928. The number of nitrogens with zero attached hydrogens (tertiary/aromatic N) is 1. The largest absolute Gasteiger partial charge is 0.382 e. The van der Waals surface area contributed by atoms with E-state index in [1.54, 1.807) is 7.11 Å². The molecule has 1 saturated carbocycles. The van der Waals surface area contributed by atoms with Gasteiger partial charge in [0.25, 0.3) is 0 Å². The normalized spacial score (nSPS) is 22.8. The first-order valence-electron chi connectivity index (χ1n) is 6.60. The van der Waals surface area contributed by atoms with Gasteiger partial charge in [-0.15, -0.1) is 0 Å². The van der Waals surface area contributed by atoms with Crippen molar-refractivity contribution in [3.63, 3.8) is 0 Å². The summed E-state index contributed by atoms with van der Waals surface area (Å²) in [5.41, 5.74) is 2.17. The average molecular weight is 321 g/mol. The monoisotopic (exact) mass is 320 g/mol. The van der Waals surface area contributed by atoms with Gasteiger partial charge in [-0.25, -0.2) is 0 Å². The minimum Gasteiger partial charge on any atom is -0.382 e. The first-order valence-corrected chi connectivity index (χ1v) is 7.40. The molecule has 1 aliphatic rings. The second kappa shape index (κ2) is 5.47. The van der Waals surface area contributed by atoms with E-state index < -0.39 is 0 Å². The summed E-state index contributed by atoms with van der Waals surface area (Å²) < 4.78 is 6.46. The van der Waals surface area contributed by atoms with Crippen molar-refractivity contribution in [2.24, 2.45) is 0 Å². The Morgan fingerprint density at radius 3 is 3.00 bits per heavy atom. The molecule has 1 N–H and O–H groups in total. The third-order valence-electron chi connectivity index (χ3n) is 3.80. The van der Waals surface area contributed by atoms with E-state index in [2.05, 4.69) is 38.4 Å². The molecule has 1 fully saturated rings. The minimum atomic E-state index is 0.400. The van der Waals surface area contributed by atoms with Crippen LogP contribution in [-0.2, 0) is 4.74 Å². The van der Waals surface area contributed by atoms with Crippen molar-refractivity contribution < 1.29 is 4.74 Å². The van der Waals surface area contributed by atoms with Gasteiger partial charge in [0.05, 0.1) is 11.6 Å². The summed E-state index contributed by atoms with van der Waals surface area (Å²) in [5.74, 6) is 0. The van der Waals surface area contributed by atoms with E-state index in [4.69, 9.17) is 4.74 Å². The van der Waals surface area contributed by atoms with Crippen LogP contribution in [0.5, 0.6) is 0 Å². The molecule has 2 atom stereocenters. The fraction of sp³-hybridized carbons (Fsp3) is 0.400. The van der Waals surface area contributed by atoms with Crippen LogP contribution in [0.4, 0.5) is 5.69 Å². The van der Waals surface area contributed by atoms with Gasteiger partial charge in [-0.3, -0.25) is 4.98 Å². The van der Waals surface area contributed by atoms with E-state index in [1.807, 2.05) is 18.3 Å². The Kier molecular flexibility index (Phi) is 3.71. The van der Waals surface area contributed by atoms with Crippen LogP contribution in [0.25, 0.3) is 10.9 Å². The summed E-state index contributed by atoms with van der Waals surface area (Å²) >= 11 is 3.55.